The van der Waals surface area contributed by atoms with Crippen LogP contribution < -0.4 is 0 Å². The van der Waals surface area contributed by atoms with Crippen LogP contribution in [0, 0.1) is 5.92 Å². The molecule has 0 bridgehead atoms. The molecule has 0 aliphatic carbocycles. The van der Waals surface area contributed by atoms with E-state index in [4.69, 9.17) is 9.84 Å². The minimum Gasteiger partial charge on any atom is -0.449 e. The fourth-order valence-corrected chi connectivity index (χ4v) is 2.14. The van der Waals surface area contributed by atoms with Gasteiger partial charge in [-0.2, -0.15) is 0 Å². The molecule has 0 radical (unpaired) electrons. The summed E-state index contributed by atoms with van der Waals surface area (Å²) in [6.45, 7) is 4.50. The van der Waals surface area contributed by atoms with Gasteiger partial charge in [-0.15, -0.1) is 0 Å². The smallest absolute Gasteiger partial charge is 0.449 e. The van der Waals surface area contributed by atoms with Gasteiger partial charge in [0.1, 0.15) is 0 Å². The summed E-state index contributed by atoms with van der Waals surface area (Å²) in [4.78, 5) is 21.7. The Morgan fingerprint density at radius 1 is 1.44 bits per heavy atom. The lowest BCUT2D eigenvalue weighted by Crippen LogP contribution is -2.41. The Balaban J connectivity index is 2.62. The zero-order valence-corrected chi connectivity index (χ0v) is 9.69. The first-order valence-electron chi connectivity index (χ1n) is 5.61. The molecule has 1 rings (SSSR count). The summed E-state index contributed by atoms with van der Waals surface area (Å²) >= 11 is 0. The first-order chi connectivity index (χ1) is 7.53. The van der Waals surface area contributed by atoms with E-state index in [9.17, 15) is 9.59 Å². The third-order valence-corrected chi connectivity index (χ3v) is 3.30. The average Bonchev–Trinajstić information content (AvgIpc) is 2.28. The quantitative estimate of drug-likeness (QED) is 0.594. The summed E-state index contributed by atoms with van der Waals surface area (Å²) in [7, 11) is 0. The van der Waals surface area contributed by atoms with Crippen LogP contribution in [0.4, 0.5) is 4.79 Å². The van der Waals surface area contributed by atoms with Crippen molar-refractivity contribution < 1.29 is 24.2 Å². The molecule has 1 heterocycles. The van der Waals surface area contributed by atoms with E-state index in [1.54, 1.807) is 0 Å². The van der Waals surface area contributed by atoms with E-state index in [1.807, 2.05) is 13.8 Å². The molecule has 1 saturated heterocycles. The van der Waals surface area contributed by atoms with E-state index in [0.717, 1.165) is 12.8 Å². The third kappa shape index (κ3) is 2.95. The number of carbonyl (C=O) groups excluding carboxylic acids is 1. The lowest BCUT2D eigenvalue weighted by Gasteiger charge is -2.38. The Kier molecular flexibility index (Phi) is 4.29. The van der Waals surface area contributed by atoms with E-state index >= 15 is 0 Å². The topological polar surface area (TPSA) is 72.8 Å². The van der Waals surface area contributed by atoms with Gasteiger partial charge in [0.15, 0.2) is 0 Å². The van der Waals surface area contributed by atoms with Gasteiger partial charge in [-0.1, -0.05) is 13.8 Å². The SMILES string of the molecule is CCC1(CC)CC(C(=O)OC(=O)O)CCO1. The predicted octanol–water partition coefficient (Wildman–Crippen LogP) is 2.19. The Labute approximate surface area is 94.7 Å². The molecule has 16 heavy (non-hydrogen) atoms. The summed E-state index contributed by atoms with van der Waals surface area (Å²) in [6, 6.07) is 0. The van der Waals surface area contributed by atoms with Gasteiger partial charge in [0.05, 0.1) is 11.5 Å². The van der Waals surface area contributed by atoms with E-state index in [1.165, 1.54) is 0 Å². The van der Waals surface area contributed by atoms with Crippen LogP contribution in [0.25, 0.3) is 0 Å². The summed E-state index contributed by atoms with van der Waals surface area (Å²) in [5.74, 6) is -1.01. The highest BCUT2D eigenvalue weighted by atomic mass is 16.7. The van der Waals surface area contributed by atoms with Gasteiger partial charge in [0.2, 0.25) is 0 Å². The summed E-state index contributed by atoms with van der Waals surface area (Å²) in [5.41, 5.74) is -0.291. The van der Waals surface area contributed by atoms with Crippen LogP contribution in [0.15, 0.2) is 0 Å². The maximum atomic E-state index is 11.5. The largest absolute Gasteiger partial charge is 0.513 e. The number of hydrogen-bond donors (Lipinski definition) is 1. The molecule has 1 aliphatic heterocycles. The predicted molar refractivity (Wildman–Crippen MR) is 56.1 cm³/mol. The molecule has 1 atom stereocenters. The molecular weight excluding hydrogens is 212 g/mol. The number of ether oxygens (including phenoxy) is 2. The summed E-state index contributed by atoms with van der Waals surface area (Å²) < 4.78 is 9.89. The summed E-state index contributed by atoms with van der Waals surface area (Å²) in [6.07, 6.45) is 1.19. The first-order valence-corrected chi connectivity index (χ1v) is 5.61. The number of carbonyl (C=O) groups is 2. The van der Waals surface area contributed by atoms with Gasteiger partial charge >= 0.3 is 12.1 Å². The van der Waals surface area contributed by atoms with Crippen molar-refractivity contribution in [1.29, 1.82) is 0 Å². The van der Waals surface area contributed by atoms with Crippen molar-refractivity contribution in [2.24, 2.45) is 5.92 Å². The lowest BCUT2D eigenvalue weighted by molar-refractivity contribution is -0.157. The van der Waals surface area contributed by atoms with Crippen LogP contribution in [0.3, 0.4) is 0 Å². The van der Waals surface area contributed by atoms with Gasteiger partial charge < -0.3 is 14.6 Å². The Bertz CT molecular complexity index is 270. The maximum absolute atomic E-state index is 11.5. The van der Waals surface area contributed by atoms with Crippen LogP contribution in [0.2, 0.25) is 0 Å². The second-order valence-electron chi connectivity index (χ2n) is 4.12. The fourth-order valence-electron chi connectivity index (χ4n) is 2.14. The Morgan fingerprint density at radius 2 is 2.06 bits per heavy atom. The molecule has 5 nitrogen and oxygen atoms in total. The molecule has 0 spiro atoms. The minimum absolute atomic E-state index is 0.291. The van der Waals surface area contributed by atoms with E-state index in [-0.39, 0.29) is 11.5 Å². The molecule has 0 amide bonds. The molecule has 1 fully saturated rings. The number of esters is 1. The zero-order chi connectivity index (χ0) is 12.2. The Hall–Kier alpha value is -1.10. The number of rotatable bonds is 3. The molecule has 0 aromatic heterocycles. The van der Waals surface area contributed by atoms with Gasteiger partial charge in [-0.3, -0.25) is 4.79 Å². The van der Waals surface area contributed by atoms with Gasteiger partial charge in [0, 0.05) is 6.61 Å². The molecule has 0 aromatic rings. The average molecular weight is 230 g/mol. The van der Waals surface area contributed by atoms with Crippen molar-refractivity contribution in [3.8, 4) is 0 Å². The molecular formula is C11H18O5. The molecule has 92 valence electrons. The molecule has 0 aromatic carbocycles. The maximum Gasteiger partial charge on any atom is 0.513 e. The van der Waals surface area contributed by atoms with Gasteiger partial charge in [-0.05, 0) is 25.7 Å². The lowest BCUT2D eigenvalue weighted by atomic mass is 9.82. The van der Waals surface area contributed by atoms with Crippen LogP contribution in [-0.2, 0) is 14.3 Å². The highest BCUT2D eigenvalue weighted by molar-refractivity contribution is 5.82. The van der Waals surface area contributed by atoms with Crippen molar-refractivity contribution in [2.75, 3.05) is 6.61 Å². The summed E-state index contributed by atoms with van der Waals surface area (Å²) in [5, 5.41) is 8.38. The third-order valence-electron chi connectivity index (χ3n) is 3.30. The number of carboxylic acid groups (broad SMARTS) is 1. The van der Waals surface area contributed by atoms with E-state index in [0.29, 0.717) is 19.4 Å². The molecule has 5 heteroatoms. The molecule has 1 N–H and O–H groups in total. The molecule has 1 unspecified atom stereocenters. The first kappa shape index (κ1) is 13.0. The van der Waals surface area contributed by atoms with Crippen LogP contribution in [0.5, 0.6) is 0 Å². The van der Waals surface area contributed by atoms with Crippen LogP contribution in [-0.4, -0.2) is 29.4 Å². The number of hydrogen-bond acceptors (Lipinski definition) is 4. The van der Waals surface area contributed by atoms with Gasteiger partial charge in [0.25, 0.3) is 0 Å². The fraction of sp³-hybridized carbons (Fsp3) is 0.818. The van der Waals surface area contributed by atoms with Crippen molar-refractivity contribution in [1.82, 2.24) is 0 Å². The highest BCUT2D eigenvalue weighted by Gasteiger charge is 2.38. The standard InChI is InChI=1S/C11H18O5/c1-3-11(4-2)7-8(5-6-15-11)9(12)16-10(13)14/h8H,3-7H2,1-2H3,(H,13,14). The molecule has 1 aliphatic rings. The monoisotopic (exact) mass is 230 g/mol. The van der Waals surface area contributed by atoms with Crippen molar-refractivity contribution in [3.05, 3.63) is 0 Å². The van der Waals surface area contributed by atoms with E-state index in [2.05, 4.69) is 4.74 Å². The van der Waals surface area contributed by atoms with Crippen molar-refractivity contribution in [3.63, 3.8) is 0 Å². The van der Waals surface area contributed by atoms with Crippen molar-refractivity contribution in [2.45, 2.75) is 45.1 Å². The Morgan fingerprint density at radius 3 is 2.56 bits per heavy atom. The van der Waals surface area contributed by atoms with Gasteiger partial charge in [-0.25, -0.2) is 4.79 Å². The molecule has 0 saturated carbocycles. The normalized spacial score (nSPS) is 23.8. The zero-order valence-electron chi connectivity index (χ0n) is 9.69. The second kappa shape index (κ2) is 5.30. The van der Waals surface area contributed by atoms with Crippen LogP contribution in [0.1, 0.15) is 39.5 Å². The van der Waals surface area contributed by atoms with Crippen molar-refractivity contribution >= 4 is 12.1 Å². The highest BCUT2D eigenvalue weighted by Crippen LogP contribution is 2.35. The minimum atomic E-state index is -1.53. The van der Waals surface area contributed by atoms with Crippen LogP contribution >= 0.6 is 0 Å². The second-order valence-corrected chi connectivity index (χ2v) is 4.12. The van der Waals surface area contributed by atoms with E-state index < -0.39 is 12.1 Å².